The molecule has 0 spiro atoms. The minimum Gasteiger partial charge on any atom is -0.338 e. The number of amides is 1. The zero-order valence-electron chi connectivity index (χ0n) is 24.1. The fourth-order valence-corrected chi connectivity index (χ4v) is 2.28. The van der Waals surface area contributed by atoms with Crippen molar-refractivity contribution >= 4 is 17.5 Å². The van der Waals surface area contributed by atoms with Gasteiger partial charge >= 0.3 is 0 Å². The van der Waals surface area contributed by atoms with E-state index in [0.717, 1.165) is 18.2 Å². The number of likely N-dealkylation sites (tertiary alicyclic amines) is 1. The van der Waals surface area contributed by atoms with Crippen molar-refractivity contribution in [3.05, 3.63) is 64.2 Å². The van der Waals surface area contributed by atoms with Crippen molar-refractivity contribution in [2.45, 2.75) is 31.8 Å². The number of nitrogens with zero attached hydrogens (tertiary/aromatic N) is 2. The Hall–Kier alpha value is -2.05. The SMILES string of the molecule is [2H]C([2H])(NCC1(F)C([2H])([2H])C([2H])([2H])N(C(=O)c2ccc(F)c(Cl)c2)C([2H])([2H])C1([2H])[2H])c1ccc(C)cn1. The molecule has 7 heteroatoms. The van der Waals surface area contributed by atoms with Crippen LogP contribution in [-0.4, -0.2) is 41.0 Å². The highest BCUT2D eigenvalue weighted by Gasteiger charge is 2.35. The Labute approximate surface area is 176 Å². The molecule has 0 atom stereocenters. The smallest absolute Gasteiger partial charge is 0.253 e. The van der Waals surface area contributed by atoms with Crippen LogP contribution in [0, 0.1) is 12.7 Å². The normalized spacial score (nSPS) is 29.9. The standard InChI is InChI=1S/C20H22ClF2N3O/c1-14-2-4-16(25-11-14)12-24-13-20(23)6-8-26(9-7-20)19(27)15-3-5-18(22)17(21)10-15/h2-5,10-11,24H,6-9,12-13H2,1H3/i6D2,7D2,8D2,9D2,12D2. The number of hydrogen-bond acceptors (Lipinski definition) is 3. The van der Waals surface area contributed by atoms with Gasteiger partial charge < -0.3 is 10.2 Å². The Morgan fingerprint density at radius 2 is 2.15 bits per heavy atom. The molecule has 0 radical (unpaired) electrons. The first-order valence-electron chi connectivity index (χ1n) is 12.8. The molecule has 1 amide bonds. The van der Waals surface area contributed by atoms with Crippen LogP contribution in [0.15, 0.2) is 36.5 Å². The summed E-state index contributed by atoms with van der Waals surface area (Å²) in [7, 11) is 0. The predicted octanol–water partition coefficient (Wildman–Crippen LogP) is 3.92. The van der Waals surface area contributed by atoms with E-state index < -0.39 is 71.7 Å². The van der Waals surface area contributed by atoms with E-state index in [9.17, 15) is 9.18 Å². The van der Waals surface area contributed by atoms with Gasteiger partial charge in [0.2, 0.25) is 0 Å². The van der Waals surface area contributed by atoms with Gasteiger partial charge in [-0.3, -0.25) is 9.78 Å². The zero-order valence-corrected chi connectivity index (χ0v) is 14.9. The second-order valence-corrected chi connectivity index (χ2v) is 6.15. The lowest BCUT2D eigenvalue weighted by atomic mass is 9.92. The number of carbonyl (C=O) groups excluding carboxylic acids is 1. The summed E-state index contributed by atoms with van der Waals surface area (Å²) in [4.78, 5) is 16.6. The van der Waals surface area contributed by atoms with Crippen LogP contribution in [-0.2, 0) is 6.50 Å². The van der Waals surface area contributed by atoms with Gasteiger partial charge in [0.15, 0.2) is 0 Å². The van der Waals surface area contributed by atoms with Gasteiger partial charge in [0.25, 0.3) is 5.91 Å². The molecule has 1 fully saturated rings. The van der Waals surface area contributed by atoms with E-state index >= 15 is 4.39 Å². The molecule has 144 valence electrons. The molecule has 27 heavy (non-hydrogen) atoms. The molecular formula is C20H22ClF2N3O. The predicted molar refractivity (Wildman–Crippen MR) is 101 cm³/mol. The summed E-state index contributed by atoms with van der Waals surface area (Å²) in [6.07, 6.45) is -6.58. The minimum absolute atomic E-state index is 0.269. The first-order valence-corrected chi connectivity index (χ1v) is 8.20. The second-order valence-electron chi connectivity index (χ2n) is 5.74. The third-order valence-electron chi connectivity index (χ3n) is 3.56. The molecule has 4 nitrogen and oxygen atoms in total. The molecule has 1 saturated heterocycles. The maximum atomic E-state index is 16.5. The largest absolute Gasteiger partial charge is 0.338 e. The van der Waals surface area contributed by atoms with Gasteiger partial charge in [-0.05, 0) is 36.8 Å². The van der Waals surface area contributed by atoms with Crippen LogP contribution in [0.3, 0.4) is 0 Å². The maximum Gasteiger partial charge on any atom is 0.253 e. The number of benzene rings is 1. The first-order chi connectivity index (χ1) is 16.6. The van der Waals surface area contributed by atoms with E-state index in [1.165, 1.54) is 18.3 Å². The molecule has 1 aromatic carbocycles. The Balaban J connectivity index is 2.08. The highest BCUT2D eigenvalue weighted by atomic mass is 35.5. The number of carbonyl (C=O) groups is 1. The number of aryl methyl sites for hydroxylation is 1. The van der Waals surface area contributed by atoms with Crippen LogP contribution >= 0.6 is 11.6 Å². The molecule has 1 aliphatic heterocycles. The number of alkyl halides is 1. The Bertz CT molecular complexity index is 1190. The van der Waals surface area contributed by atoms with Crippen molar-refractivity contribution in [2.24, 2.45) is 0 Å². The molecule has 0 bridgehead atoms. The number of pyridine rings is 1. The Morgan fingerprint density at radius 1 is 1.41 bits per heavy atom. The molecule has 0 unspecified atom stereocenters. The number of aromatic nitrogens is 1. The monoisotopic (exact) mass is 403 g/mol. The van der Waals surface area contributed by atoms with Gasteiger partial charge in [-0.2, -0.15) is 0 Å². The lowest BCUT2D eigenvalue weighted by Crippen LogP contribution is -2.48. The second kappa shape index (κ2) is 8.31. The molecule has 1 N–H and O–H groups in total. The van der Waals surface area contributed by atoms with Crippen LogP contribution in [0.5, 0.6) is 0 Å². The fourth-order valence-electron chi connectivity index (χ4n) is 2.09. The van der Waals surface area contributed by atoms with E-state index in [2.05, 4.69) is 4.98 Å². The van der Waals surface area contributed by atoms with Gasteiger partial charge in [-0.15, -0.1) is 0 Å². The molecule has 1 aliphatic rings. The Kier molecular flexibility index (Phi) is 3.23. The van der Waals surface area contributed by atoms with Crippen molar-refractivity contribution in [2.75, 3.05) is 19.5 Å². The Morgan fingerprint density at radius 3 is 2.78 bits per heavy atom. The van der Waals surface area contributed by atoms with Crippen LogP contribution in [0.25, 0.3) is 0 Å². The minimum atomic E-state index is -4.07. The molecular weight excluding hydrogens is 372 g/mol. The van der Waals surface area contributed by atoms with Crippen molar-refractivity contribution < 1.29 is 27.3 Å². The van der Waals surface area contributed by atoms with Crippen LogP contribution in [0.4, 0.5) is 8.78 Å². The third kappa shape index (κ3) is 5.02. The fraction of sp³-hybridized carbons (Fsp3) is 0.400. The number of piperidine rings is 1. The first kappa shape index (κ1) is 10.5. The topological polar surface area (TPSA) is 45.2 Å². The summed E-state index contributed by atoms with van der Waals surface area (Å²) in [6, 6.07) is 5.00. The molecule has 3 rings (SSSR count). The quantitative estimate of drug-likeness (QED) is 0.823. The lowest BCUT2D eigenvalue weighted by molar-refractivity contribution is 0.0434. The number of rotatable bonds is 5. The highest BCUT2D eigenvalue weighted by Crippen LogP contribution is 2.27. The molecule has 0 aliphatic carbocycles. The molecule has 2 aromatic rings. The number of hydrogen-bond donors (Lipinski definition) is 1. The van der Waals surface area contributed by atoms with Crippen molar-refractivity contribution in [1.29, 1.82) is 0 Å². The molecule has 1 aromatic heterocycles. The van der Waals surface area contributed by atoms with Gasteiger partial charge in [0.1, 0.15) is 11.5 Å². The summed E-state index contributed by atoms with van der Waals surface area (Å²) in [5, 5.41) is 1.41. The van der Waals surface area contributed by atoms with Gasteiger partial charge in [-0.1, -0.05) is 17.7 Å². The summed E-state index contributed by atoms with van der Waals surface area (Å²) >= 11 is 5.65. The lowest BCUT2D eigenvalue weighted by Gasteiger charge is -2.36. The van der Waals surface area contributed by atoms with Crippen LogP contribution < -0.4 is 5.32 Å². The summed E-state index contributed by atoms with van der Waals surface area (Å²) in [6.45, 7) is -10.2. The number of halogens is 3. The molecule has 2 heterocycles. The van der Waals surface area contributed by atoms with Crippen molar-refractivity contribution in [1.82, 2.24) is 15.2 Å². The van der Waals surface area contributed by atoms with E-state index in [4.69, 9.17) is 25.3 Å². The zero-order chi connectivity index (χ0) is 28.4. The molecule has 0 saturated carbocycles. The van der Waals surface area contributed by atoms with Crippen molar-refractivity contribution in [3.8, 4) is 0 Å². The summed E-state index contributed by atoms with van der Waals surface area (Å²) in [5.74, 6) is -2.57. The highest BCUT2D eigenvalue weighted by molar-refractivity contribution is 6.31. The van der Waals surface area contributed by atoms with Crippen LogP contribution in [0.2, 0.25) is 5.02 Å². The maximum absolute atomic E-state index is 16.5. The third-order valence-corrected chi connectivity index (χ3v) is 3.85. The van der Waals surface area contributed by atoms with E-state index in [1.54, 1.807) is 6.92 Å². The summed E-state index contributed by atoms with van der Waals surface area (Å²) < 4.78 is 113. The average Bonchev–Trinajstić information content (AvgIpc) is 2.78. The van der Waals surface area contributed by atoms with Gasteiger partial charge in [0.05, 0.1) is 10.7 Å². The number of nitrogens with one attached hydrogen (secondary N) is 1. The van der Waals surface area contributed by atoms with E-state index in [1.807, 2.05) is 5.32 Å². The summed E-state index contributed by atoms with van der Waals surface area (Å²) in [5.41, 5.74) is -4.26. The van der Waals surface area contributed by atoms with Gasteiger partial charge in [-0.25, -0.2) is 8.78 Å². The van der Waals surface area contributed by atoms with E-state index in [0.29, 0.717) is 5.56 Å². The average molecular weight is 404 g/mol. The van der Waals surface area contributed by atoms with Gasteiger partial charge in [0, 0.05) is 64.2 Å². The van der Waals surface area contributed by atoms with Crippen molar-refractivity contribution in [3.63, 3.8) is 0 Å². The van der Waals surface area contributed by atoms with E-state index in [-0.39, 0.29) is 5.69 Å². The van der Waals surface area contributed by atoms with Crippen LogP contribution in [0.1, 0.15) is 48.1 Å².